The number of amides is 3. The second-order valence-corrected chi connectivity index (χ2v) is 4.92. The number of nitrogens with zero attached hydrogens (tertiary/aromatic N) is 1. The predicted molar refractivity (Wildman–Crippen MR) is 78.7 cm³/mol. The van der Waals surface area contributed by atoms with E-state index in [2.05, 4.69) is 0 Å². The van der Waals surface area contributed by atoms with Crippen molar-refractivity contribution in [1.29, 1.82) is 0 Å². The molecule has 0 fully saturated rings. The van der Waals surface area contributed by atoms with Crippen LogP contribution in [0.25, 0.3) is 0 Å². The fourth-order valence-corrected chi connectivity index (χ4v) is 2.46. The topological polar surface area (TPSA) is 92.5 Å². The summed E-state index contributed by atoms with van der Waals surface area (Å²) in [7, 11) is 0. The molecule has 0 saturated heterocycles. The average Bonchev–Trinajstić information content (AvgIpc) is 2.80. The van der Waals surface area contributed by atoms with Crippen LogP contribution in [0.15, 0.2) is 48.5 Å². The first-order valence-electron chi connectivity index (χ1n) is 6.67. The predicted octanol–water partition coefficient (Wildman–Crippen LogP) is 1.09. The molecule has 1 heterocycles. The van der Waals surface area contributed by atoms with Gasteiger partial charge in [-0.25, -0.2) is 5.84 Å². The molecule has 0 unspecified atom stereocenters. The molecule has 6 nitrogen and oxygen atoms in total. The third-order valence-corrected chi connectivity index (χ3v) is 3.54. The highest BCUT2D eigenvalue weighted by Crippen LogP contribution is 2.24. The maximum Gasteiger partial charge on any atom is 0.265 e. The maximum absolute atomic E-state index is 12.3. The molecular weight excluding hydrogens is 282 g/mol. The van der Waals surface area contributed by atoms with Crippen molar-refractivity contribution < 1.29 is 14.4 Å². The largest absolute Gasteiger partial charge is 0.290 e. The van der Waals surface area contributed by atoms with Gasteiger partial charge < -0.3 is 0 Å². The molecule has 3 amide bonds. The number of fused-ring (bicyclic) bond motifs is 1. The van der Waals surface area contributed by atoms with Gasteiger partial charge in [0, 0.05) is 5.56 Å². The summed E-state index contributed by atoms with van der Waals surface area (Å²) >= 11 is 0. The molecule has 2 aromatic rings. The van der Waals surface area contributed by atoms with Crippen molar-refractivity contribution in [1.82, 2.24) is 10.3 Å². The van der Waals surface area contributed by atoms with Crippen LogP contribution in [0.5, 0.6) is 0 Å². The molecule has 0 aromatic heterocycles. The minimum absolute atomic E-state index is 0.109. The van der Waals surface area contributed by atoms with Gasteiger partial charge in [-0.15, -0.1) is 0 Å². The van der Waals surface area contributed by atoms with Gasteiger partial charge in [-0.3, -0.25) is 24.7 Å². The van der Waals surface area contributed by atoms with Crippen molar-refractivity contribution in [2.24, 2.45) is 5.84 Å². The SMILES string of the molecule is NNC(=O)c1cccc(CN2C(=O)c3ccccc3C2=O)c1. The van der Waals surface area contributed by atoms with E-state index in [1.807, 2.05) is 5.43 Å². The number of nitrogens with one attached hydrogen (secondary N) is 1. The Morgan fingerprint density at radius 3 is 2.23 bits per heavy atom. The van der Waals surface area contributed by atoms with Gasteiger partial charge in [0.05, 0.1) is 17.7 Å². The molecule has 6 heteroatoms. The van der Waals surface area contributed by atoms with Gasteiger partial charge in [-0.1, -0.05) is 24.3 Å². The van der Waals surface area contributed by atoms with Crippen LogP contribution in [0.1, 0.15) is 36.6 Å². The maximum atomic E-state index is 12.3. The highest BCUT2D eigenvalue weighted by Gasteiger charge is 2.34. The zero-order valence-corrected chi connectivity index (χ0v) is 11.6. The minimum Gasteiger partial charge on any atom is -0.290 e. The molecule has 3 rings (SSSR count). The summed E-state index contributed by atoms with van der Waals surface area (Å²) in [4.78, 5) is 37.3. The summed E-state index contributed by atoms with van der Waals surface area (Å²) in [5.41, 5.74) is 3.91. The number of carbonyl (C=O) groups excluding carboxylic acids is 3. The third kappa shape index (κ3) is 2.25. The Bertz CT molecular complexity index is 751. The Morgan fingerprint density at radius 1 is 1.00 bits per heavy atom. The van der Waals surface area contributed by atoms with Crippen LogP contribution in [-0.4, -0.2) is 22.6 Å². The van der Waals surface area contributed by atoms with Gasteiger partial charge in [-0.05, 0) is 29.8 Å². The molecule has 1 aliphatic rings. The molecule has 0 radical (unpaired) electrons. The van der Waals surface area contributed by atoms with Crippen LogP contribution < -0.4 is 11.3 Å². The first-order valence-corrected chi connectivity index (χ1v) is 6.67. The highest BCUT2D eigenvalue weighted by atomic mass is 16.2. The standard InChI is InChI=1S/C16H13N3O3/c17-18-14(20)11-5-3-4-10(8-11)9-19-15(21)12-6-1-2-7-13(12)16(19)22/h1-8H,9,17H2,(H,18,20). The fourth-order valence-electron chi connectivity index (χ4n) is 2.46. The summed E-state index contributed by atoms with van der Waals surface area (Å²) in [6.45, 7) is 0.109. The lowest BCUT2D eigenvalue weighted by Gasteiger charge is -2.14. The van der Waals surface area contributed by atoms with Gasteiger partial charge in [-0.2, -0.15) is 0 Å². The summed E-state index contributed by atoms with van der Waals surface area (Å²) in [6.07, 6.45) is 0. The zero-order valence-electron chi connectivity index (χ0n) is 11.6. The third-order valence-electron chi connectivity index (χ3n) is 3.54. The van der Waals surface area contributed by atoms with E-state index in [1.54, 1.807) is 48.5 Å². The summed E-state index contributed by atoms with van der Waals surface area (Å²) < 4.78 is 0. The van der Waals surface area contributed by atoms with Crippen LogP contribution in [-0.2, 0) is 6.54 Å². The Balaban J connectivity index is 1.88. The number of hydrogen-bond donors (Lipinski definition) is 2. The van der Waals surface area contributed by atoms with E-state index in [4.69, 9.17) is 5.84 Å². The lowest BCUT2D eigenvalue weighted by molar-refractivity contribution is 0.0642. The molecule has 110 valence electrons. The fraction of sp³-hybridized carbons (Fsp3) is 0.0625. The number of benzene rings is 2. The van der Waals surface area contributed by atoms with E-state index in [0.29, 0.717) is 22.3 Å². The van der Waals surface area contributed by atoms with Crippen LogP contribution in [0.2, 0.25) is 0 Å². The van der Waals surface area contributed by atoms with Crippen LogP contribution in [0.3, 0.4) is 0 Å². The average molecular weight is 295 g/mol. The Kier molecular flexibility index (Phi) is 3.44. The second-order valence-electron chi connectivity index (χ2n) is 4.92. The number of nitrogens with two attached hydrogens (primary N) is 1. The highest BCUT2D eigenvalue weighted by molar-refractivity contribution is 6.21. The molecule has 0 atom stereocenters. The molecule has 22 heavy (non-hydrogen) atoms. The summed E-state index contributed by atoms with van der Waals surface area (Å²) in [5.74, 6) is 4.03. The molecule has 0 aliphatic carbocycles. The minimum atomic E-state index is -0.427. The van der Waals surface area contributed by atoms with E-state index in [1.165, 1.54) is 4.90 Å². The Hall–Kier alpha value is -2.99. The first kappa shape index (κ1) is 14.0. The van der Waals surface area contributed by atoms with Crippen molar-refractivity contribution in [3.8, 4) is 0 Å². The molecule has 0 saturated carbocycles. The number of hydrazine groups is 1. The smallest absolute Gasteiger partial charge is 0.265 e. The number of nitrogen functional groups attached to an aromatic ring is 1. The normalized spacial score (nSPS) is 13.2. The monoisotopic (exact) mass is 295 g/mol. The van der Waals surface area contributed by atoms with Crippen LogP contribution in [0, 0.1) is 0 Å². The number of imide groups is 1. The Labute approximate surface area is 126 Å². The molecule has 3 N–H and O–H groups in total. The lowest BCUT2D eigenvalue weighted by atomic mass is 10.1. The zero-order chi connectivity index (χ0) is 15.7. The second kappa shape index (κ2) is 5.42. The van der Waals surface area contributed by atoms with Gasteiger partial charge in [0.2, 0.25) is 0 Å². The lowest BCUT2D eigenvalue weighted by Crippen LogP contribution is -2.31. The van der Waals surface area contributed by atoms with Gasteiger partial charge in [0.1, 0.15) is 0 Å². The number of hydrogen-bond acceptors (Lipinski definition) is 4. The van der Waals surface area contributed by atoms with Gasteiger partial charge in [0.25, 0.3) is 17.7 Å². The van der Waals surface area contributed by atoms with E-state index in [0.717, 1.165) is 0 Å². The molecular formula is C16H13N3O3. The van der Waals surface area contributed by atoms with E-state index in [9.17, 15) is 14.4 Å². The number of carbonyl (C=O) groups is 3. The summed E-state index contributed by atoms with van der Waals surface area (Å²) in [6, 6.07) is 13.3. The van der Waals surface area contributed by atoms with Crippen molar-refractivity contribution in [2.45, 2.75) is 6.54 Å². The molecule has 0 spiro atoms. The van der Waals surface area contributed by atoms with E-state index in [-0.39, 0.29) is 18.4 Å². The van der Waals surface area contributed by atoms with Gasteiger partial charge >= 0.3 is 0 Å². The van der Waals surface area contributed by atoms with Crippen molar-refractivity contribution in [3.05, 3.63) is 70.8 Å². The molecule has 1 aliphatic heterocycles. The number of rotatable bonds is 3. The molecule has 0 bridgehead atoms. The van der Waals surface area contributed by atoms with Crippen molar-refractivity contribution >= 4 is 17.7 Å². The Morgan fingerprint density at radius 2 is 1.64 bits per heavy atom. The van der Waals surface area contributed by atoms with Crippen LogP contribution in [0.4, 0.5) is 0 Å². The van der Waals surface area contributed by atoms with Crippen molar-refractivity contribution in [2.75, 3.05) is 0 Å². The summed E-state index contributed by atoms with van der Waals surface area (Å²) in [5, 5.41) is 0. The van der Waals surface area contributed by atoms with E-state index >= 15 is 0 Å². The van der Waals surface area contributed by atoms with Crippen LogP contribution >= 0.6 is 0 Å². The van der Waals surface area contributed by atoms with Crippen molar-refractivity contribution in [3.63, 3.8) is 0 Å². The van der Waals surface area contributed by atoms with E-state index < -0.39 is 5.91 Å². The molecule has 2 aromatic carbocycles. The van der Waals surface area contributed by atoms with Gasteiger partial charge in [0.15, 0.2) is 0 Å². The quantitative estimate of drug-likeness (QED) is 0.383. The first-order chi connectivity index (χ1) is 10.6.